The van der Waals surface area contributed by atoms with E-state index in [9.17, 15) is 14.4 Å². The monoisotopic (exact) mass is 442 g/mol. The van der Waals surface area contributed by atoms with Gasteiger partial charge >= 0.3 is 0 Å². The molecule has 0 bridgehead atoms. The molecule has 0 fully saturated rings. The number of hydrogen-bond acceptors (Lipinski definition) is 4. The predicted octanol–water partition coefficient (Wildman–Crippen LogP) is 3.17. The highest BCUT2D eigenvalue weighted by molar-refractivity contribution is 9.10. The molecule has 0 spiro atoms. The maximum Gasteiger partial charge on any atom is 0.294 e. The van der Waals surface area contributed by atoms with Crippen molar-refractivity contribution in [2.75, 3.05) is 17.3 Å². The van der Waals surface area contributed by atoms with Crippen molar-refractivity contribution in [3.8, 4) is 0 Å². The Balaban J connectivity index is 2.00. The summed E-state index contributed by atoms with van der Waals surface area (Å²) in [5.74, 6) is -0.580. The molecule has 3 aromatic rings. The number of nitrogens with one attached hydrogen (secondary N) is 1. The SMILES string of the molecule is CCC(=O)N(C)c1nc2ccccc2n(CC(=O)Nc2ccc(Br)cc2)c1=O. The summed E-state index contributed by atoms with van der Waals surface area (Å²) >= 11 is 3.34. The van der Waals surface area contributed by atoms with Gasteiger partial charge in [0.25, 0.3) is 5.56 Å². The van der Waals surface area contributed by atoms with Crippen molar-refractivity contribution in [1.29, 1.82) is 0 Å². The Kier molecular flexibility index (Phi) is 5.89. The molecule has 7 nitrogen and oxygen atoms in total. The van der Waals surface area contributed by atoms with Crippen LogP contribution in [0, 0.1) is 0 Å². The molecule has 28 heavy (non-hydrogen) atoms. The summed E-state index contributed by atoms with van der Waals surface area (Å²) in [6.07, 6.45) is 0.245. The number of aromatic nitrogens is 2. The number of anilines is 2. The van der Waals surface area contributed by atoms with Crippen molar-refractivity contribution >= 4 is 50.3 Å². The standard InChI is InChI=1S/C20H19BrN4O3/c1-3-18(27)24(2)19-20(28)25(16-7-5-4-6-15(16)23-19)12-17(26)22-14-10-8-13(21)9-11-14/h4-11H,3,12H2,1-2H3,(H,22,26). The topological polar surface area (TPSA) is 84.3 Å². The van der Waals surface area contributed by atoms with Crippen LogP contribution in [-0.4, -0.2) is 28.4 Å². The van der Waals surface area contributed by atoms with Crippen molar-refractivity contribution in [3.63, 3.8) is 0 Å². The molecule has 0 radical (unpaired) electrons. The fourth-order valence-electron chi connectivity index (χ4n) is 2.79. The molecule has 1 aromatic heterocycles. The number of amides is 2. The van der Waals surface area contributed by atoms with E-state index in [2.05, 4.69) is 26.2 Å². The van der Waals surface area contributed by atoms with E-state index < -0.39 is 5.56 Å². The molecule has 0 aliphatic carbocycles. The molecule has 3 rings (SSSR count). The molecular formula is C20H19BrN4O3. The number of halogens is 1. The number of benzene rings is 2. The smallest absolute Gasteiger partial charge is 0.294 e. The minimum absolute atomic E-state index is 0.00184. The molecule has 1 heterocycles. The average molecular weight is 443 g/mol. The van der Waals surface area contributed by atoms with Gasteiger partial charge in [0.2, 0.25) is 17.6 Å². The number of para-hydroxylation sites is 2. The van der Waals surface area contributed by atoms with Gasteiger partial charge in [0.05, 0.1) is 11.0 Å². The number of rotatable bonds is 5. The van der Waals surface area contributed by atoms with Gasteiger partial charge in [0.1, 0.15) is 6.54 Å². The largest absolute Gasteiger partial charge is 0.325 e. The van der Waals surface area contributed by atoms with Gasteiger partial charge in [-0.05, 0) is 36.4 Å². The summed E-state index contributed by atoms with van der Waals surface area (Å²) in [6, 6.07) is 14.2. The molecule has 0 atom stereocenters. The Hall–Kier alpha value is -3.00. The molecule has 2 amide bonds. The first-order chi connectivity index (χ1) is 13.4. The maximum atomic E-state index is 13.0. The summed E-state index contributed by atoms with van der Waals surface area (Å²) in [6.45, 7) is 1.52. The molecule has 0 aliphatic heterocycles. The van der Waals surface area contributed by atoms with Gasteiger partial charge in [-0.3, -0.25) is 23.9 Å². The van der Waals surface area contributed by atoms with Crippen molar-refractivity contribution < 1.29 is 9.59 Å². The second-order valence-electron chi connectivity index (χ2n) is 6.18. The van der Waals surface area contributed by atoms with Gasteiger partial charge in [-0.2, -0.15) is 0 Å². The zero-order valence-corrected chi connectivity index (χ0v) is 17.1. The zero-order chi connectivity index (χ0) is 20.3. The van der Waals surface area contributed by atoms with Crippen molar-refractivity contribution in [2.45, 2.75) is 19.9 Å². The Morgan fingerprint density at radius 2 is 1.82 bits per heavy atom. The fourth-order valence-corrected chi connectivity index (χ4v) is 3.05. The van der Waals surface area contributed by atoms with Crippen molar-refractivity contribution in [3.05, 3.63) is 63.4 Å². The van der Waals surface area contributed by atoms with Crippen LogP contribution in [0.4, 0.5) is 11.5 Å². The first kappa shape index (κ1) is 19.8. The summed E-state index contributed by atoms with van der Waals surface area (Å²) < 4.78 is 2.24. The van der Waals surface area contributed by atoms with Gasteiger partial charge in [0, 0.05) is 23.6 Å². The van der Waals surface area contributed by atoms with E-state index in [1.807, 2.05) is 12.1 Å². The minimum Gasteiger partial charge on any atom is -0.325 e. The Bertz CT molecular complexity index is 1090. The van der Waals surface area contributed by atoms with E-state index in [-0.39, 0.29) is 30.6 Å². The third-order valence-electron chi connectivity index (χ3n) is 4.26. The van der Waals surface area contributed by atoms with Crippen LogP contribution in [0.1, 0.15) is 13.3 Å². The molecular weight excluding hydrogens is 424 g/mol. The molecule has 0 saturated carbocycles. The number of hydrogen-bond donors (Lipinski definition) is 1. The number of carbonyl (C=O) groups is 2. The molecule has 2 aromatic carbocycles. The molecule has 0 aliphatic rings. The lowest BCUT2D eigenvalue weighted by molar-refractivity contribution is -0.118. The normalized spacial score (nSPS) is 10.7. The first-order valence-electron chi connectivity index (χ1n) is 8.72. The molecule has 1 N–H and O–H groups in total. The molecule has 144 valence electrons. The van der Waals surface area contributed by atoms with E-state index >= 15 is 0 Å². The Morgan fingerprint density at radius 1 is 1.14 bits per heavy atom. The van der Waals surface area contributed by atoms with Gasteiger partial charge in [-0.1, -0.05) is 35.0 Å². The lowest BCUT2D eigenvalue weighted by Crippen LogP contribution is -2.36. The Labute approximate surface area is 170 Å². The highest BCUT2D eigenvalue weighted by Crippen LogP contribution is 2.16. The van der Waals surface area contributed by atoms with E-state index in [4.69, 9.17) is 0 Å². The number of fused-ring (bicyclic) bond motifs is 1. The predicted molar refractivity (Wildman–Crippen MR) is 112 cm³/mol. The third-order valence-corrected chi connectivity index (χ3v) is 4.79. The van der Waals surface area contributed by atoms with Crippen molar-refractivity contribution in [1.82, 2.24) is 9.55 Å². The van der Waals surface area contributed by atoms with Gasteiger partial charge < -0.3 is 5.32 Å². The molecule has 0 saturated heterocycles. The second kappa shape index (κ2) is 8.35. The van der Waals surface area contributed by atoms with E-state index in [1.54, 1.807) is 43.3 Å². The van der Waals surface area contributed by atoms with Crippen LogP contribution in [0.5, 0.6) is 0 Å². The lowest BCUT2D eigenvalue weighted by Gasteiger charge is -2.18. The fraction of sp³-hybridized carbons (Fsp3) is 0.200. The van der Waals surface area contributed by atoms with E-state index in [0.717, 1.165) is 4.47 Å². The van der Waals surface area contributed by atoms with Crippen LogP contribution in [0.15, 0.2) is 57.8 Å². The third kappa shape index (κ3) is 4.12. The van der Waals surface area contributed by atoms with Crippen LogP contribution in [0.3, 0.4) is 0 Å². The van der Waals surface area contributed by atoms with Crippen LogP contribution >= 0.6 is 15.9 Å². The highest BCUT2D eigenvalue weighted by atomic mass is 79.9. The van der Waals surface area contributed by atoms with Crippen molar-refractivity contribution in [2.24, 2.45) is 0 Å². The molecule has 8 heteroatoms. The highest BCUT2D eigenvalue weighted by Gasteiger charge is 2.19. The quantitative estimate of drug-likeness (QED) is 0.657. The zero-order valence-electron chi connectivity index (χ0n) is 15.5. The summed E-state index contributed by atoms with van der Waals surface area (Å²) in [7, 11) is 1.51. The van der Waals surface area contributed by atoms with E-state index in [1.165, 1.54) is 16.5 Å². The average Bonchev–Trinajstić information content (AvgIpc) is 2.70. The van der Waals surface area contributed by atoms with E-state index in [0.29, 0.717) is 16.7 Å². The second-order valence-corrected chi connectivity index (χ2v) is 7.09. The van der Waals surface area contributed by atoms with Crippen LogP contribution in [0.25, 0.3) is 11.0 Å². The lowest BCUT2D eigenvalue weighted by atomic mass is 10.2. The minimum atomic E-state index is -0.492. The summed E-state index contributed by atoms with van der Waals surface area (Å²) in [5.41, 5.74) is 1.19. The van der Waals surface area contributed by atoms with Gasteiger partial charge in [-0.25, -0.2) is 4.98 Å². The van der Waals surface area contributed by atoms with Crippen LogP contribution in [0.2, 0.25) is 0 Å². The Morgan fingerprint density at radius 3 is 2.50 bits per heavy atom. The summed E-state index contributed by atoms with van der Waals surface area (Å²) in [5, 5.41) is 2.77. The molecule has 0 unspecified atom stereocenters. The van der Waals surface area contributed by atoms with Gasteiger partial charge in [-0.15, -0.1) is 0 Å². The number of carbonyl (C=O) groups excluding carboxylic acids is 2. The van der Waals surface area contributed by atoms with Crippen LogP contribution in [-0.2, 0) is 16.1 Å². The van der Waals surface area contributed by atoms with Crippen LogP contribution < -0.4 is 15.8 Å². The summed E-state index contributed by atoms with van der Waals surface area (Å²) in [4.78, 5) is 43.2. The first-order valence-corrected chi connectivity index (χ1v) is 9.51. The number of nitrogens with zero attached hydrogens (tertiary/aromatic N) is 3. The van der Waals surface area contributed by atoms with Gasteiger partial charge in [0.15, 0.2) is 0 Å². The maximum absolute atomic E-state index is 13.0.